The summed E-state index contributed by atoms with van der Waals surface area (Å²) in [6.07, 6.45) is 2.71. The van der Waals surface area contributed by atoms with Crippen LogP contribution in [-0.4, -0.2) is 50.7 Å². The number of carboxylic acids is 1. The second kappa shape index (κ2) is 6.16. The normalized spacial score (nSPS) is 28.6. The van der Waals surface area contributed by atoms with Crippen molar-refractivity contribution < 1.29 is 19.4 Å². The van der Waals surface area contributed by atoms with E-state index in [9.17, 15) is 14.7 Å². The third-order valence-corrected chi connectivity index (χ3v) is 5.27. The average Bonchev–Trinajstić information content (AvgIpc) is 2.89. The van der Waals surface area contributed by atoms with Gasteiger partial charge in [0, 0.05) is 13.7 Å². The number of nitrogens with zero attached hydrogens (tertiary/aromatic N) is 3. The molecule has 24 heavy (non-hydrogen) atoms. The van der Waals surface area contributed by atoms with Crippen molar-refractivity contribution in [3.63, 3.8) is 0 Å². The molecule has 1 amide bonds. The molecule has 2 heterocycles. The van der Waals surface area contributed by atoms with Crippen molar-refractivity contribution in [1.82, 2.24) is 20.1 Å². The SMILES string of the molecule is COCc1nc(C2CCCCN2C(=O)[C@@H]2[C@H](C(=O)O)C2(C)C)n[nH]1. The number of carboxylic acid groups (broad SMARTS) is 1. The van der Waals surface area contributed by atoms with Gasteiger partial charge in [0.1, 0.15) is 6.61 Å². The number of methoxy groups -OCH3 is 1. The van der Waals surface area contributed by atoms with E-state index in [1.165, 1.54) is 0 Å². The number of likely N-dealkylation sites (tertiary alicyclic amines) is 1. The number of aliphatic carboxylic acids is 1. The first-order valence-corrected chi connectivity index (χ1v) is 8.31. The maximum Gasteiger partial charge on any atom is 0.307 e. The maximum absolute atomic E-state index is 13.0. The van der Waals surface area contributed by atoms with Crippen LogP contribution in [-0.2, 0) is 20.9 Å². The van der Waals surface area contributed by atoms with Crippen LogP contribution in [0.3, 0.4) is 0 Å². The average molecular weight is 336 g/mol. The Labute approximate surface area is 140 Å². The van der Waals surface area contributed by atoms with Gasteiger partial charge < -0.3 is 14.7 Å². The first-order valence-electron chi connectivity index (χ1n) is 8.31. The fourth-order valence-corrected chi connectivity index (χ4v) is 3.86. The number of carbonyl (C=O) groups is 2. The second-order valence-electron chi connectivity index (χ2n) is 7.23. The van der Waals surface area contributed by atoms with E-state index in [0.717, 1.165) is 19.3 Å². The summed E-state index contributed by atoms with van der Waals surface area (Å²) >= 11 is 0. The standard InChI is InChI=1S/C16H24N4O4/c1-16(2)11(12(16)15(22)23)14(21)20-7-5-4-6-9(20)13-17-10(8-24-3)18-19-13/h9,11-12H,4-8H2,1-3H3,(H,22,23)(H,17,18,19)/t9?,11-,12+/m0/s1. The fraction of sp³-hybridized carbons (Fsp3) is 0.750. The number of hydrogen-bond donors (Lipinski definition) is 2. The van der Waals surface area contributed by atoms with Crippen molar-refractivity contribution in [2.24, 2.45) is 17.3 Å². The van der Waals surface area contributed by atoms with E-state index in [2.05, 4.69) is 15.2 Å². The summed E-state index contributed by atoms with van der Waals surface area (Å²) in [5, 5.41) is 16.4. The molecule has 2 aliphatic rings. The topological polar surface area (TPSA) is 108 Å². The molecular weight excluding hydrogens is 312 g/mol. The van der Waals surface area contributed by atoms with Crippen LogP contribution in [0.1, 0.15) is 50.8 Å². The van der Waals surface area contributed by atoms with Crippen molar-refractivity contribution in [3.05, 3.63) is 11.6 Å². The Morgan fingerprint density at radius 1 is 1.38 bits per heavy atom. The van der Waals surface area contributed by atoms with E-state index < -0.39 is 23.2 Å². The molecule has 1 aromatic rings. The molecule has 1 saturated carbocycles. The zero-order valence-electron chi connectivity index (χ0n) is 14.3. The molecule has 0 bridgehead atoms. The van der Waals surface area contributed by atoms with Gasteiger partial charge >= 0.3 is 5.97 Å². The van der Waals surface area contributed by atoms with Crippen LogP contribution in [0.5, 0.6) is 0 Å². The quantitative estimate of drug-likeness (QED) is 0.840. The minimum atomic E-state index is -0.896. The lowest BCUT2D eigenvalue weighted by atomic mass is 9.99. The van der Waals surface area contributed by atoms with Gasteiger partial charge in [0.2, 0.25) is 5.91 Å². The van der Waals surface area contributed by atoms with Crippen molar-refractivity contribution in [3.8, 4) is 0 Å². The Bertz CT molecular complexity index is 642. The van der Waals surface area contributed by atoms with Crippen molar-refractivity contribution >= 4 is 11.9 Å². The van der Waals surface area contributed by atoms with Gasteiger partial charge in [0.15, 0.2) is 11.6 Å². The lowest BCUT2D eigenvalue weighted by Crippen LogP contribution is -2.40. The van der Waals surface area contributed by atoms with Crippen molar-refractivity contribution in [2.45, 2.75) is 45.8 Å². The molecule has 1 unspecified atom stereocenters. The van der Waals surface area contributed by atoms with Crippen LogP contribution >= 0.6 is 0 Å². The maximum atomic E-state index is 13.0. The summed E-state index contributed by atoms with van der Waals surface area (Å²) in [6.45, 7) is 4.65. The Morgan fingerprint density at radius 2 is 2.12 bits per heavy atom. The number of amides is 1. The summed E-state index contributed by atoms with van der Waals surface area (Å²) in [6, 6.07) is -0.195. The molecule has 2 fully saturated rings. The van der Waals surface area contributed by atoms with Crippen LogP contribution in [0.25, 0.3) is 0 Å². The molecule has 0 radical (unpaired) electrons. The molecule has 0 aromatic carbocycles. The third-order valence-electron chi connectivity index (χ3n) is 5.27. The van der Waals surface area contributed by atoms with Crippen LogP contribution < -0.4 is 0 Å². The molecule has 1 saturated heterocycles. The highest BCUT2D eigenvalue weighted by molar-refractivity contribution is 5.91. The minimum Gasteiger partial charge on any atom is -0.481 e. The first-order chi connectivity index (χ1) is 11.4. The number of ether oxygens (including phenoxy) is 1. The summed E-state index contributed by atoms with van der Waals surface area (Å²) < 4.78 is 5.04. The largest absolute Gasteiger partial charge is 0.481 e. The number of aromatic nitrogens is 3. The Kier molecular flexibility index (Phi) is 4.33. The predicted molar refractivity (Wildman–Crippen MR) is 83.8 cm³/mol. The van der Waals surface area contributed by atoms with Gasteiger partial charge in [-0.2, -0.15) is 5.10 Å². The van der Waals surface area contributed by atoms with Crippen molar-refractivity contribution in [2.75, 3.05) is 13.7 Å². The highest BCUT2D eigenvalue weighted by Crippen LogP contribution is 2.59. The number of carbonyl (C=O) groups excluding carboxylic acids is 1. The van der Waals surface area contributed by atoms with E-state index in [1.807, 2.05) is 13.8 Å². The molecule has 3 rings (SSSR count). The van der Waals surface area contributed by atoms with Gasteiger partial charge in [-0.05, 0) is 24.7 Å². The summed E-state index contributed by atoms with van der Waals surface area (Å²) in [7, 11) is 1.58. The molecule has 3 atom stereocenters. The van der Waals surface area contributed by atoms with E-state index >= 15 is 0 Å². The number of hydrogen-bond acceptors (Lipinski definition) is 5. The lowest BCUT2D eigenvalue weighted by molar-refractivity contribution is -0.143. The number of nitrogens with one attached hydrogen (secondary N) is 1. The van der Waals surface area contributed by atoms with Gasteiger partial charge in [-0.1, -0.05) is 13.8 Å². The first kappa shape index (κ1) is 16.9. The highest BCUT2D eigenvalue weighted by atomic mass is 16.5. The predicted octanol–water partition coefficient (Wildman–Crippen LogP) is 1.36. The zero-order valence-corrected chi connectivity index (χ0v) is 14.3. The minimum absolute atomic E-state index is 0.0878. The molecule has 8 nitrogen and oxygen atoms in total. The third kappa shape index (κ3) is 2.79. The Balaban J connectivity index is 1.79. The Hall–Kier alpha value is -1.96. The van der Waals surface area contributed by atoms with Gasteiger partial charge in [0.25, 0.3) is 0 Å². The van der Waals surface area contributed by atoms with Crippen LogP contribution in [0.2, 0.25) is 0 Å². The molecular formula is C16H24N4O4. The molecule has 8 heteroatoms. The van der Waals surface area contributed by atoms with Crippen LogP contribution in [0.4, 0.5) is 0 Å². The van der Waals surface area contributed by atoms with Gasteiger partial charge in [-0.3, -0.25) is 14.7 Å². The molecule has 2 N–H and O–H groups in total. The fourth-order valence-electron chi connectivity index (χ4n) is 3.86. The van der Waals surface area contributed by atoms with Gasteiger partial charge in [-0.15, -0.1) is 0 Å². The van der Waals surface area contributed by atoms with Crippen LogP contribution in [0, 0.1) is 17.3 Å². The summed E-state index contributed by atoms with van der Waals surface area (Å²) in [5.74, 6) is -0.847. The Morgan fingerprint density at radius 3 is 2.75 bits per heavy atom. The molecule has 132 valence electrons. The van der Waals surface area contributed by atoms with Crippen LogP contribution in [0.15, 0.2) is 0 Å². The number of aromatic amines is 1. The van der Waals surface area contributed by atoms with Gasteiger partial charge in [-0.25, -0.2) is 4.98 Å². The number of rotatable bonds is 5. The van der Waals surface area contributed by atoms with E-state index in [1.54, 1.807) is 12.0 Å². The molecule has 0 spiro atoms. The van der Waals surface area contributed by atoms with E-state index in [0.29, 0.717) is 24.8 Å². The zero-order chi connectivity index (χ0) is 17.5. The second-order valence-corrected chi connectivity index (χ2v) is 7.23. The smallest absolute Gasteiger partial charge is 0.307 e. The van der Waals surface area contributed by atoms with Gasteiger partial charge in [0.05, 0.1) is 17.9 Å². The molecule has 1 aliphatic carbocycles. The molecule has 1 aromatic heterocycles. The van der Waals surface area contributed by atoms with E-state index in [4.69, 9.17) is 4.74 Å². The number of H-pyrrole nitrogens is 1. The monoisotopic (exact) mass is 336 g/mol. The molecule has 1 aliphatic heterocycles. The lowest BCUT2D eigenvalue weighted by Gasteiger charge is -2.34. The number of piperidine rings is 1. The summed E-state index contributed by atoms with van der Waals surface area (Å²) in [5.41, 5.74) is -0.495. The summed E-state index contributed by atoms with van der Waals surface area (Å²) in [4.78, 5) is 30.6. The van der Waals surface area contributed by atoms with E-state index in [-0.39, 0.29) is 11.9 Å². The highest BCUT2D eigenvalue weighted by Gasteiger charge is 2.67. The van der Waals surface area contributed by atoms with Crippen molar-refractivity contribution in [1.29, 1.82) is 0 Å².